The van der Waals surface area contributed by atoms with Crippen molar-refractivity contribution in [3.63, 3.8) is 0 Å². The molecule has 3 heterocycles. The molecule has 0 unspecified atom stereocenters. The summed E-state index contributed by atoms with van der Waals surface area (Å²) in [5.74, 6) is 0.111. The van der Waals surface area contributed by atoms with Gasteiger partial charge in [-0.3, -0.25) is 14.5 Å². The zero-order valence-electron chi connectivity index (χ0n) is 12.3. The summed E-state index contributed by atoms with van der Waals surface area (Å²) in [6, 6.07) is 4.43. The van der Waals surface area contributed by atoms with Crippen LogP contribution in [-0.4, -0.2) is 38.2 Å². The zero-order chi connectivity index (χ0) is 14.7. The van der Waals surface area contributed by atoms with Gasteiger partial charge in [0.25, 0.3) is 5.91 Å². The van der Waals surface area contributed by atoms with Crippen molar-refractivity contribution in [1.29, 1.82) is 0 Å². The van der Waals surface area contributed by atoms with E-state index in [1.165, 1.54) is 5.56 Å². The van der Waals surface area contributed by atoms with Gasteiger partial charge in [0.15, 0.2) is 0 Å². The number of rotatable bonds is 4. The van der Waals surface area contributed by atoms with E-state index in [0.717, 1.165) is 32.2 Å². The molecule has 2 aromatic heterocycles. The van der Waals surface area contributed by atoms with Crippen molar-refractivity contribution in [3.05, 3.63) is 48.0 Å². The number of carbonyl (C=O) groups excluding carboxylic acids is 1. The summed E-state index contributed by atoms with van der Waals surface area (Å²) in [5.41, 5.74) is 1.97. The second-order valence-corrected chi connectivity index (χ2v) is 5.59. The highest BCUT2D eigenvalue weighted by Gasteiger charge is 2.29. The van der Waals surface area contributed by atoms with Crippen molar-refractivity contribution in [2.24, 2.45) is 7.05 Å². The van der Waals surface area contributed by atoms with Crippen molar-refractivity contribution >= 4 is 5.91 Å². The van der Waals surface area contributed by atoms with Gasteiger partial charge in [0.2, 0.25) is 0 Å². The molecule has 0 spiro atoms. The van der Waals surface area contributed by atoms with Gasteiger partial charge in [0, 0.05) is 38.2 Å². The van der Waals surface area contributed by atoms with Gasteiger partial charge in [-0.15, -0.1) is 0 Å². The highest BCUT2D eigenvalue weighted by molar-refractivity contribution is 5.94. The normalized spacial score (nSPS) is 18.1. The molecule has 0 aromatic carbocycles. The number of carbonyl (C=O) groups is 1. The van der Waals surface area contributed by atoms with E-state index >= 15 is 0 Å². The van der Waals surface area contributed by atoms with E-state index in [1.807, 2.05) is 36.5 Å². The van der Waals surface area contributed by atoms with Crippen molar-refractivity contribution in [3.8, 4) is 0 Å². The first-order valence-corrected chi connectivity index (χ1v) is 7.42. The number of nitrogens with zero attached hydrogens (tertiary/aromatic N) is 4. The van der Waals surface area contributed by atoms with Crippen LogP contribution < -0.4 is 0 Å². The lowest BCUT2D eigenvalue weighted by atomic mass is 10.0. The van der Waals surface area contributed by atoms with Crippen molar-refractivity contribution in [1.82, 2.24) is 19.7 Å². The molecule has 0 bridgehead atoms. The second kappa shape index (κ2) is 6.08. The average molecular weight is 284 g/mol. The average Bonchev–Trinajstić information content (AvgIpc) is 3.14. The molecule has 0 saturated carbocycles. The van der Waals surface area contributed by atoms with Gasteiger partial charge < -0.3 is 4.90 Å². The molecule has 2 aromatic rings. The van der Waals surface area contributed by atoms with E-state index in [-0.39, 0.29) is 5.91 Å². The van der Waals surface area contributed by atoms with Crippen LogP contribution in [0.5, 0.6) is 0 Å². The minimum atomic E-state index is 0.111. The van der Waals surface area contributed by atoms with Gasteiger partial charge in [-0.1, -0.05) is 0 Å². The minimum absolute atomic E-state index is 0.111. The summed E-state index contributed by atoms with van der Waals surface area (Å²) in [6.45, 7) is 0.856. The molecule has 110 valence electrons. The lowest BCUT2D eigenvalue weighted by Crippen LogP contribution is -2.35. The van der Waals surface area contributed by atoms with Crippen LogP contribution in [0, 0.1) is 0 Å². The summed E-state index contributed by atoms with van der Waals surface area (Å²) >= 11 is 0. The Morgan fingerprint density at radius 2 is 2.19 bits per heavy atom. The second-order valence-electron chi connectivity index (χ2n) is 5.59. The van der Waals surface area contributed by atoms with Gasteiger partial charge in [-0.2, -0.15) is 5.10 Å². The fourth-order valence-corrected chi connectivity index (χ4v) is 2.98. The van der Waals surface area contributed by atoms with Crippen LogP contribution in [0.4, 0.5) is 0 Å². The lowest BCUT2D eigenvalue weighted by Gasteiger charge is -2.24. The molecule has 1 atom stereocenters. The molecular weight excluding hydrogens is 264 g/mol. The highest BCUT2D eigenvalue weighted by Crippen LogP contribution is 2.23. The maximum atomic E-state index is 12.5. The van der Waals surface area contributed by atoms with Crippen LogP contribution in [0.2, 0.25) is 0 Å². The minimum Gasteiger partial charge on any atom is -0.336 e. The van der Waals surface area contributed by atoms with Gasteiger partial charge in [0.05, 0.1) is 11.8 Å². The van der Waals surface area contributed by atoms with E-state index in [1.54, 1.807) is 17.1 Å². The van der Waals surface area contributed by atoms with Crippen LogP contribution >= 0.6 is 0 Å². The van der Waals surface area contributed by atoms with E-state index in [0.29, 0.717) is 11.6 Å². The third kappa shape index (κ3) is 3.12. The first-order chi connectivity index (χ1) is 10.2. The molecule has 0 aliphatic carbocycles. The van der Waals surface area contributed by atoms with E-state index in [2.05, 4.69) is 10.1 Å². The van der Waals surface area contributed by atoms with Gasteiger partial charge in [-0.05, 0) is 43.4 Å². The predicted octanol–water partition coefficient (Wildman–Crippen LogP) is 2.05. The summed E-state index contributed by atoms with van der Waals surface area (Å²) in [5, 5.41) is 4.09. The van der Waals surface area contributed by atoms with Crippen molar-refractivity contribution in [2.45, 2.75) is 31.7 Å². The van der Waals surface area contributed by atoms with Crippen LogP contribution in [0.1, 0.15) is 35.2 Å². The summed E-state index contributed by atoms with van der Waals surface area (Å²) in [6.07, 6.45) is 11.3. The van der Waals surface area contributed by atoms with Gasteiger partial charge in [0.1, 0.15) is 0 Å². The Kier molecular flexibility index (Phi) is 3.99. The van der Waals surface area contributed by atoms with Crippen LogP contribution in [0.25, 0.3) is 0 Å². The Bertz CT molecular complexity index is 608. The summed E-state index contributed by atoms with van der Waals surface area (Å²) < 4.78 is 1.68. The summed E-state index contributed by atoms with van der Waals surface area (Å²) in [4.78, 5) is 18.6. The van der Waals surface area contributed by atoms with Crippen LogP contribution in [0.15, 0.2) is 36.9 Å². The lowest BCUT2D eigenvalue weighted by molar-refractivity contribution is 0.0730. The molecule has 1 fully saturated rings. The fraction of sp³-hybridized carbons (Fsp3) is 0.438. The number of amides is 1. The number of likely N-dealkylation sites (tertiary alicyclic amines) is 1. The zero-order valence-corrected chi connectivity index (χ0v) is 12.3. The quantitative estimate of drug-likeness (QED) is 0.863. The first kappa shape index (κ1) is 13.8. The van der Waals surface area contributed by atoms with E-state index in [4.69, 9.17) is 0 Å². The monoisotopic (exact) mass is 284 g/mol. The largest absolute Gasteiger partial charge is 0.336 e. The molecule has 0 N–H and O–H groups in total. The fourth-order valence-electron chi connectivity index (χ4n) is 2.98. The number of hydrogen-bond donors (Lipinski definition) is 0. The molecule has 21 heavy (non-hydrogen) atoms. The first-order valence-electron chi connectivity index (χ1n) is 7.42. The van der Waals surface area contributed by atoms with Crippen molar-refractivity contribution in [2.75, 3.05) is 6.54 Å². The molecule has 1 aliphatic heterocycles. The number of aryl methyl sites for hydroxylation is 2. The molecule has 5 heteroatoms. The molecule has 1 saturated heterocycles. The Labute approximate surface area is 124 Å². The standard InChI is InChI=1S/C16H20N4O/c1-19-12-14(11-18-19)16(21)20-10-2-3-15(20)5-4-13-6-8-17-9-7-13/h6-9,11-12,15H,2-5,10H2,1H3/t15-/m1/s1. The smallest absolute Gasteiger partial charge is 0.257 e. The molecule has 1 aliphatic rings. The SMILES string of the molecule is Cn1cc(C(=O)N2CCC[C@@H]2CCc2ccncc2)cn1. The van der Waals surface area contributed by atoms with Gasteiger partial charge in [-0.25, -0.2) is 0 Å². The van der Waals surface area contributed by atoms with Gasteiger partial charge >= 0.3 is 0 Å². The maximum absolute atomic E-state index is 12.5. The third-order valence-corrected chi connectivity index (χ3v) is 4.11. The number of hydrogen-bond acceptors (Lipinski definition) is 3. The summed E-state index contributed by atoms with van der Waals surface area (Å²) in [7, 11) is 1.84. The Hall–Kier alpha value is -2.17. The molecule has 5 nitrogen and oxygen atoms in total. The Morgan fingerprint density at radius 3 is 2.90 bits per heavy atom. The number of aromatic nitrogens is 3. The molecule has 1 amide bonds. The molecule has 3 rings (SSSR count). The Balaban J connectivity index is 1.64. The predicted molar refractivity (Wildman–Crippen MR) is 79.8 cm³/mol. The van der Waals surface area contributed by atoms with Crippen LogP contribution in [0.3, 0.4) is 0 Å². The van der Waals surface area contributed by atoms with E-state index in [9.17, 15) is 4.79 Å². The maximum Gasteiger partial charge on any atom is 0.257 e. The number of pyridine rings is 1. The third-order valence-electron chi connectivity index (χ3n) is 4.11. The van der Waals surface area contributed by atoms with Crippen molar-refractivity contribution < 1.29 is 4.79 Å². The topological polar surface area (TPSA) is 51.0 Å². The highest BCUT2D eigenvalue weighted by atomic mass is 16.2. The van der Waals surface area contributed by atoms with E-state index < -0.39 is 0 Å². The Morgan fingerprint density at radius 1 is 1.38 bits per heavy atom. The molecular formula is C16H20N4O. The van der Waals surface area contributed by atoms with Crippen LogP contribution in [-0.2, 0) is 13.5 Å². The molecule has 0 radical (unpaired) electrons.